The summed E-state index contributed by atoms with van der Waals surface area (Å²) in [5, 5.41) is 0. The highest BCUT2D eigenvalue weighted by atomic mass is 16.6. The maximum Gasteiger partial charge on any atom is 0.415 e. The van der Waals surface area contributed by atoms with E-state index < -0.39 is 30.2 Å². The van der Waals surface area contributed by atoms with Crippen LogP contribution in [-0.2, 0) is 43.2 Å². The molecule has 3 amide bonds. The molecule has 9 nitrogen and oxygen atoms in total. The van der Waals surface area contributed by atoms with Crippen molar-refractivity contribution in [2.45, 2.75) is 77.2 Å². The number of esters is 1. The zero-order valence-electron chi connectivity index (χ0n) is 26.8. The predicted molar refractivity (Wildman–Crippen MR) is 173 cm³/mol. The predicted octanol–water partition coefficient (Wildman–Crippen LogP) is 5.46. The zero-order chi connectivity index (χ0) is 32.6. The van der Waals surface area contributed by atoms with Gasteiger partial charge in [-0.3, -0.25) is 14.5 Å². The van der Waals surface area contributed by atoms with Crippen LogP contribution < -0.4 is 4.90 Å². The second-order valence-electron chi connectivity index (χ2n) is 13.6. The van der Waals surface area contributed by atoms with E-state index >= 15 is 0 Å². The first kappa shape index (κ1) is 31.3. The van der Waals surface area contributed by atoms with Crippen LogP contribution in [0.3, 0.4) is 0 Å². The number of ether oxygens (including phenoxy) is 2. The molecule has 240 valence electrons. The highest BCUT2D eigenvalue weighted by Crippen LogP contribution is 2.42. The van der Waals surface area contributed by atoms with E-state index in [4.69, 9.17) is 9.47 Å². The van der Waals surface area contributed by atoms with Crippen LogP contribution in [0, 0.1) is 5.41 Å². The van der Waals surface area contributed by atoms with E-state index in [1.807, 2.05) is 99.6 Å². The van der Waals surface area contributed by atoms with Crippen molar-refractivity contribution in [1.82, 2.24) is 9.80 Å². The number of rotatable bonds is 5. The van der Waals surface area contributed by atoms with Crippen molar-refractivity contribution >= 4 is 29.6 Å². The number of carbonyl (C=O) groups is 4. The fraction of sp³-hybridized carbons (Fsp3) is 0.405. The van der Waals surface area contributed by atoms with Gasteiger partial charge in [-0.1, -0.05) is 93.6 Å². The van der Waals surface area contributed by atoms with Crippen molar-refractivity contribution in [2.75, 3.05) is 18.6 Å². The summed E-state index contributed by atoms with van der Waals surface area (Å²) in [4.78, 5) is 60.9. The molecule has 0 N–H and O–H groups in total. The van der Waals surface area contributed by atoms with Crippen molar-refractivity contribution in [3.8, 4) is 0 Å². The second-order valence-corrected chi connectivity index (χ2v) is 13.6. The average Bonchev–Trinajstić information content (AvgIpc) is 3.68. The van der Waals surface area contributed by atoms with E-state index in [2.05, 4.69) is 0 Å². The lowest BCUT2D eigenvalue weighted by atomic mass is 9.93. The minimum absolute atomic E-state index is 0.189. The number of fused-ring (bicyclic) bond motifs is 2. The molecule has 3 aromatic carbocycles. The lowest BCUT2D eigenvalue weighted by Crippen LogP contribution is -2.58. The van der Waals surface area contributed by atoms with Crippen molar-refractivity contribution in [1.29, 1.82) is 0 Å². The van der Waals surface area contributed by atoms with E-state index in [-0.39, 0.29) is 36.4 Å². The lowest BCUT2D eigenvalue weighted by molar-refractivity contribution is -0.157. The van der Waals surface area contributed by atoms with Crippen LogP contribution in [0.2, 0.25) is 0 Å². The van der Waals surface area contributed by atoms with Crippen LogP contribution in [0.15, 0.2) is 78.9 Å². The van der Waals surface area contributed by atoms with Gasteiger partial charge in [0.2, 0.25) is 11.8 Å². The molecule has 3 aromatic rings. The summed E-state index contributed by atoms with van der Waals surface area (Å²) in [6, 6.07) is 22.0. The highest BCUT2D eigenvalue weighted by molar-refractivity contribution is 6.02. The van der Waals surface area contributed by atoms with Gasteiger partial charge in [-0.2, -0.15) is 0 Å². The highest BCUT2D eigenvalue weighted by Gasteiger charge is 2.50. The van der Waals surface area contributed by atoms with Crippen molar-refractivity contribution in [3.63, 3.8) is 0 Å². The van der Waals surface area contributed by atoms with E-state index in [0.717, 1.165) is 22.3 Å². The Balaban J connectivity index is 1.37. The van der Waals surface area contributed by atoms with Gasteiger partial charge in [0.1, 0.15) is 18.1 Å². The standard InChI is InChI=1S/C37H41N3O6/c1-37(2,3)23-46-36(44)40-28-17-11-10-15-26(28)21-31(40)34(42)39-29(24-12-6-5-7-13-24)18-19-30(39)33(41)38-22-27-16-9-8-14-25(27)20-32(38)35(43)45-4/h5-17,29-32H,18-23H2,1-4H3/t29-,30+,31+,32+/m0/s1. The summed E-state index contributed by atoms with van der Waals surface area (Å²) in [6.45, 7) is 6.36. The van der Waals surface area contributed by atoms with E-state index in [1.165, 1.54) is 12.0 Å². The Bertz CT molecular complexity index is 1630. The first-order valence-corrected chi connectivity index (χ1v) is 15.9. The summed E-state index contributed by atoms with van der Waals surface area (Å²) in [5.74, 6) is -1.10. The van der Waals surface area contributed by atoms with Crippen LogP contribution in [0.4, 0.5) is 10.5 Å². The summed E-state index contributed by atoms with van der Waals surface area (Å²) in [6.07, 6.45) is 1.04. The van der Waals surface area contributed by atoms with Gasteiger partial charge >= 0.3 is 12.1 Å². The summed E-state index contributed by atoms with van der Waals surface area (Å²) in [7, 11) is 1.33. The summed E-state index contributed by atoms with van der Waals surface area (Å²) >= 11 is 0. The lowest BCUT2D eigenvalue weighted by Gasteiger charge is -2.40. The molecule has 3 aliphatic rings. The molecule has 1 fully saturated rings. The van der Waals surface area contributed by atoms with E-state index in [1.54, 1.807) is 9.80 Å². The number of para-hydroxylation sites is 1. The molecular formula is C37H41N3O6. The molecule has 0 bridgehead atoms. The third-order valence-corrected chi connectivity index (χ3v) is 9.20. The molecule has 0 aliphatic carbocycles. The molecule has 0 saturated carbocycles. The fourth-order valence-corrected chi connectivity index (χ4v) is 6.98. The molecule has 9 heteroatoms. The van der Waals surface area contributed by atoms with Crippen molar-refractivity contribution in [3.05, 3.63) is 101 Å². The van der Waals surface area contributed by atoms with E-state index in [0.29, 0.717) is 31.4 Å². The van der Waals surface area contributed by atoms with Gasteiger partial charge < -0.3 is 19.3 Å². The topological polar surface area (TPSA) is 96.5 Å². The molecule has 46 heavy (non-hydrogen) atoms. The number of benzene rings is 3. The first-order valence-electron chi connectivity index (χ1n) is 15.9. The van der Waals surface area contributed by atoms with E-state index in [9.17, 15) is 19.2 Å². The number of hydrogen-bond donors (Lipinski definition) is 0. The Morgan fingerprint density at radius 1 is 0.739 bits per heavy atom. The van der Waals surface area contributed by atoms with Gasteiger partial charge in [-0.15, -0.1) is 0 Å². The summed E-state index contributed by atoms with van der Waals surface area (Å²) in [5.41, 5.74) is 4.11. The minimum Gasteiger partial charge on any atom is -0.467 e. The normalized spacial score (nSPS) is 22.2. The third kappa shape index (κ3) is 5.98. The quantitative estimate of drug-likeness (QED) is 0.351. The molecule has 0 radical (unpaired) electrons. The molecule has 0 spiro atoms. The number of carbonyl (C=O) groups excluding carboxylic acids is 4. The smallest absolute Gasteiger partial charge is 0.415 e. The molecule has 3 heterocycles. The monoisotopic (exact) mass is 623 g/mol. The fourth-order valence-electron chi connectivity index (χ4n) is 6.98. The van der Waals surface area contributed by atoms with Crippen molar-refractivity contribution in [2.24, 2.45) is 5.41 Å². The number of methoxy groups -OCH3 is 1. The number of hydrogen-bond acceptors (Lipinski definition) is 6. The Morgan fingerprint density at radius 3 is 2.07 bits per heavy atom. The molecule has 0 aromatic heterocycles. The zero-order valence-corrected chi connectivity index (χ0v) is 26.8. The maximum atomic E-state index is 14.9. The number of anilines is 1. The van der Waals surface area contributed by atoms with Crippen LogP contribution in [0.1, 0.15) is 61.9 Å². The molecular weight excluding hydrogens is 582 g/mol. The Morgan fingerprint density at radius 2 is 1.37 bits per heavy atom. The molecule has 1 saturated heterocycles. The maximum absolute atomic E-state index is 14.9. The molecule has 4 atom stereocenters. The van der Waals surface area contributed by atoms with Gasteiger partial charge in [0.25, 0.3) is 0 Å². The SMILES string of the molecule is COC(=O)[C@H]1Cc2ccccc2CN1C(=O)[C@H]1CC[C@@H](c2ccccc2)N1C(=O)[C@H]1Cc2ccccc2N1C(=O)OCC(C)(C)C. The van der Waals surface area contributed by atoms with Crippen molar-refractivity contribution < 1.29 is 28.7 Å². The Hall–Kier alpha value is -4.66. The number of likely N-dealkylation sites (tertiary alicyclic amines) is 1. The largest absolute Gasteiger partial charge is 0.467 e. The van der Waals surface area contributed by atoms with Gasteiger partial charge in [0, 0.05) is 19.4 Å². The number of amides is 3. The Kier molecular flexibility index (Phi) is 8.59. The first-order chi connectivity index (χ1) is 22.1. The van der Waals surface area contributed by atoms with Gasteiger partial charge in [0.15, 0.2) is 0 Å². The van der Waals surface area contributed by atoms with Gasteiger partial charge in [0.05, 0.1) is 25.4 Å². The summed E-state index contributed by atoms with van der Waals surface area (Å²) < 4.78 is 10.9. The molecule has 6 rings (SSSR count). The van der Waals surface area contributed by atoms with Crippen LogP contribution in [0.25, 0.3) is 0 Å². The van der Waals surface area contributed by atoms with Crippen LogP contribution in [0.5, 0.6) is 0 Å². The van der Waals surface area contributed by atoms with Gasteiger partial charge in [-0.05, 0) is 46.6 Å². The Labute approximate surface area is 270 Å². The van der Waals surface area contributed by atoms with Crippen LogP contribution >= 0.6 is 0 Å². The molecule has 3 aliphatic heterocycles. The third-order valence-electron chi connectivity index (χ3n) is 9.20. The van der Waals surface area contributed by atoms with Crippen LogP contribution in [-0.4, -0.2) is 65.5 Å². The second kappa shape index (κ2) is 12.6. The average molecular weight is 624 g/mol. The molecule has 0 unspecified atom stereocenters. The minimum atomic E-state index is -0.886. The number of nitrogens with zero attached hydrogens (tertiary/aromatic N) is 3. The van der Waals surface area contributed by atoms with Gasteiger partial charge in [-0.25, -0.2) is 9.59 Å².